The molecule has 0 atom stereocenters. The van der Waals surface area contributed by atoms with Crippen molar-refractivity contribution in [1.82, 2.24) is 4.90 Å². The normalized spacial score (nSPS) is 13.0. The number of anilines is 1. The van der Waals surface area contributed by atoms with E-state index in [1.165, 1.54) is 11.8 Å². The summed E-state index contributed by atoms with van der Waals surface area (Å²) in [6.45, 7) is 0.845. The second-order valence-corrected chi connectivity index (χ2v) is 7.29. The largest absolute Gasteiger partial charge is 0.467 e. The minimum atomic E-state index is -0.108. The highest BCUT2D eigenvalue weighted by molar-refractivity contribution is 8.00. The molecular weight excluding hydrogens is 360 g/mol. The van der Waals surface area contributed by atoms with Crippen LogP contribution < -0.4 is 5.32 Å². The lowest BCUT2D eigenvalue weighted by Gasteiger charge is -2.23. The topological polar surface area (TPSA) is 62.6 Å². The molecule has 0 unspecified atom stereocenters. The number of hydrogen-bond donors (Lipinski definition) is 1. The van der Waals surface area contributed by atoms with Gasteiger partial charge in [-0.15, -0.1) is 11.8 Å². The number of amides is 2. The van der Waals surface area contributed by atoms with E-state index in [0.29, 0.717) is 30.1 Å². The summed E-state index contributed by atoms with van der Waals surface area (Å²) >= 11 is 1.48. The first-order chi connectivity index (χ1) is 13.2. The maximum Gasteiger partial charge on any atom is 0.254 e. The molecule has 4 rings (SSSR count). The maximum absolute atomic E-state index is 13.2. The molecule has 1 aromatic heterocycles. The maximum atomic E-state index is 13.2. The fraction of sp³-hybridized carbons (Fsp3) is 0.143. The molecule has 5 nitrogen and oxygen atoms in total. The van der Waals surface area contributed by atoms with Gasteiger partial charge in [-0.2, -0.15) is 0 Å². The summed E-state index contributed by atoms with van der Waals surface area (Å²) in [5, 5.41) is 2.84. The molecule has 1 N–H and O–H groups in total. The molecule has 0 saturated carbocycles. The van der Waals surface area contributed by atoms with Crippen molar-refractivity contribution in [2.24, 2.45) is 0 Å². The molecule has 2 heterocycles. The monoisotopic (exact) mass is 378 g/mol. The second kappa shape index (κ2) is 7.72. The van der Waals surface area contributed by atoms with Crippen LogP contribution in [0.4, 0.5) is 5.69 Å². The van der Waals surface area contributed by atoms with Gasteiger partial charge in [-0.05, 0) is 35.9 Å². The summed E-state index contributed by atoms with van der Waals surface area (Å²) in [4.78, 5) is 27.6. The van der Waals surface area contributed by atoms with Crippen LogP contribution in [0.2, 0.25) is 0 Å². The number of fused-ring (bicyclic) bond motifs is 1. The van der Waals surface area contributed by atoms with Crippen molar-refractivity contribution in [3.63, 3.8) is 0 Å². The zero-order valence-electron chi connectivity index (χ0n) is 14.6. The average Bonchev–Trinajstić information content (AvgIpc) is 3.20. The van der Waals surface area contributed by atoms with Crippen LogP contribution in [0.3, 0.4) is 0 Å². The van der Waals surface area contributed by atoms with Gasteiger partial charge < -0.3 is 14.6 Å². The smallest absolute Gasteiger partial charge is 0.254 e. The summed E-state index contributed by atoms with van der Waals surface area (Å²) < 4.78 is 5.44. The van der Waals surface area contributed by atoms with Gasteiger partial charge in [0, 0.05) is 17.0 Å². The summed E-state index contributed by atoms with van der Waals surface area (Å²) in [6.07, 6.45) is 1.60. The van der Waals surface area contributed by atoms with Gasteiger partial charge in [-0.25, -0.2) is 0 Å². The molecule has 3 aromatic rings. The van der Waals surface area contributed by atoms with Crippen LogP contribution in [0, 0.1) is 0 Å². The van der Waals surface area contributed by atoms with Crippen LogP contribution in [0.5, 0.6) is 0 Å². The van der Waals surface area contributed by atoms with E-state index in [0.717, 1.165) is 16.2 Å². The summed E-state index contributed by atoms with van der Waals surface area (Å²) in [5.74, 6) is 0.969. The molecule has 0 bridgehead atoms. The molecule has 2 amide bonds. The third kappa shape index (κ3) is 4.06. The van der Waals surface area contributed by atoms with Crippen molar-refractivity contribution in [3.8, 4) is 0 Å². The number of carbonyl (C=O) groups excluding carboxylic acids is 2. The molecule has 136 valence electrons. The van der Waals surface area contributed by atoms with Crippen molar-refractivity contribution in [3.05, 3.63) is 83.8 Å². The third-order valence-electron chi connectivity index (χ3n) is 4.29. The third-order valence-corrected chi connectivity index (χ3v) is 5.36. The molecule has 1 aliphatic heterocycles. The minimum Gasteiger partial charge on any atom is -0.467 e. The Morgan fingerprint density at radius 3 is 2.70 bits per heavy atom. The first-order valence-corrected chi connectivity index (χ1v) is 9.60. The van der Waals surface area contributed by atoms with Gasteiger partial charge in [0.2, 0.25) is 5.91 Å². The first-order valence-electron chi connectivity index (χ1n) is 8.61. The molecule has 0 fully saturated rings. The fourth-order valence-corrected chi connectivity index (χ4v) is 3.78. The number of thioether (sulfide) groups is 1. The lowest BCUT2D eigenvalue weighted by Crippen LogP contribution is -2.30. The average molecular weight is 378 g/mol. The van der Waals surface area contributed by atoms with Gasteiger partial charge in [0.05, 0.1) is 24.2 Å². The van der Waals surface area contributed by atoms with E-state index in [1.807, 2.05) is 54.6 Å². The Labute approximate surface area is 161 Å². The van der Waals surface area contributed by atoms with Gasteiger partial charge in [0.1, 0.15) is 5.76 Å². The minimum absolute atomic E-state index is 0.0474. The molecule has 6 heteroatoms. The van der Waals surface area contributed by atoms with E-state index >= 15 is 0 Å². The number of benzene rings is 2. The predicted molar refractivity (Wildman–Crippen MR) is 105 cm³/mol. The van der Waals surface area contributed by atoms with E-state index in [2.05, 4.69) is 5.32 Å². The van der Waals surface area contributed by atoms with E-state index < -0.39 is 0 Å². The van der Waals surface area contributed by atoms with Crippen molar-refractivity contribution in [2.45, 2.75) is 18.0 Å². The van der Waals surface area contributed by atoms with E-state index in [1.54, 1.807) is 17.2 Å². The van der Waals surface area contributed by atoms with E-state index in [9.17, 15) is 9.59 Å². The number of hydrogen-bond acceptors (Lipinski definition) is 4. The van der Waals surface area contributed by atoms with Crippen molar-refractivity contribution >= 4 is 29.3 Å². The van der Waals surface area contributed by atoms with Crippen molar-refractivity contribution in [1.29, 1.82) is 0 Å². The first kappa shape index (κ1) is 17.4. The predicted octanol–water partition coefficient (Wildman–Crippen LogP) is 4.17. The standard InChI is InChI=1S/C21H18N2O3S/c24-20-14-27-19-9-8-16(11-18(19)22-20)21(25)23(13-17-7-4-10-26-17)12-15-5-2-1-3-6-15/h1-11H,12-14H2,(H,22,24). The van der Waals surface area contributed by atoms with Gasteiger partial charge in [0.25, 0.3) is 5.91 Å². The highest BCUT2D eigenvalue weighted by Gasteiger charge is 2.21. The number of nitrogens with zero attached hydrogens (tertiary/aromatic N) is 1. The van der Waals surface area contributed by atoms with Gasteiger partial charge in [-0.1, -0.05) is 30.3 Å². The van der Waals surface area contributed by atoms with Crippen molar-refractivity contribution < 1.29 is 14.0 Å². The van der Waals surface area contributed by atoms with Crippen LogP contribution in [0.1, 0.15) is 21.7 Å². The molecule has 1 aliphatic rings. The van der Waals surface area contributed by atoms with Crippen LogP contribution in [-0.2, 0) is 17.9 Å². The Morgan fingerprint density at radius 1 is 1.07 bits per heavy atom. The summed E-state index contributed by atoms with van der Waals surface area (Å²) in [6, 6.07) is 19.0. The molecule has 27 heavy (non-hydrogen) atoms. The number of furan rings is 1. The number of rotatable bonds is 5. The zero-order chi connectivity index (χ0) is 18.6. The SMILES string of the molecule is O=C1CSc2ccc(C(=O)N(Cc3ccccc3)Cc3ccco3)cc2N1. The molecule has 0 radical (unpaired) electrons. The Balaban J connectivity index is 1.61. The Bertz CT molecular complexity index is 955. The summed E-state index contributed by atoms with van der Waals surface area (Å²) in [7, 11) is 0. The second-order valence-electron chi connectivity index (χ2n) is 6.27. The Kier molecular flexibility index (Phi) is 4.98. The van der Waals surface area contributed by atoms with Crippen LogP contribution in [0.25, 0.3) is 0 Å². The lowest BCUT2D eigenvalue weighted by molar-refractivity contribution is -0.113. The number of nitrogens with one attached hydrogen (secondary N) is 1. The molecule has 0 saturated heterocycles. The van der Waals surface area contributed by atoms with Crippen LogP contribution in [-0.4, -0.2) is 22.5 Å². The lowest BCUT2D eigenvalue weighted by atomic mass is 10.1. The summed E-state index contributed by atoms with van der Waals surface area (Å²) in [5.41, 5.74) is 2.28. The fourth-order valence-electron chi connectivity index (χ4n) is 2.99. The van der Waals surface area contributed by atoms with Gasteiger partial charge in [0.15, 0.2) is 0 Å². The zero-order valence-corrected chi connectivity index (χ0v) is 15.4. The van der Waals surface area contributed by atoms with E-state index in [-0.39, 0.29) is 11.8 Å². The number of carbonyl (C=O) groups is 2. The quantitative estimate of drug-likeness (QED) is 0.724. The molecule has 0 aliphatic carbocycles. The molecule has 0 spiro atoms. The van der Waals surface area contributed by atoms with Gasteiger partial charge in [-0.3, -0.25) is 9.59 Å². The highest BCUT2D eigenvalue weighted by Crippen LogP contribution is 2.32. The van der Waals surface area contributed by atoms with E-state index in [4.69, 9.17) is 4.42 Å². The molecule has 2 aromatic carbocycles. The Hall–Kier alpha value is -2.99. The Morgan fingerprint density at radius 2 is 1.93 bits per heavy atom. The highest BCUT2D eigenvalue weighted by atomic mass is 32.2. The van der Waals surface area contributed by atoms with Crippen LogP contribution in [0.15, 0.2) is 76.2 Å². The van der Waals surface area contributed by atoms with Crippen LogP contribution >= 0.6 is 11.8 Å². The van der Waals surface area contributed by atoms with Gasteiger partial charge >= 0.3 is 0 Å². The van der Waals surface area contributed by atoms with Crippen molar-refractivity contribution in [2.75, 3.05) is 11.1 Å². The molecular formula is C21H18N2O3S.